The Morgan fingerprint density at radius 2 is 1.50 bits per heavy atom. The Labute approximate surface area is 164 Å². The largest absolute Gasteiger partial charge is 0.497 e. The number of hydrogen-bond donors (Lipinski definition) is 1. The topological polar surface area (TPSA) is 97.3 Å². The van der Waals surface area contributed by atoms with Gasteiger partial charge in [-0.2, -0.15) is 5.10 Å². The molecule has 0 saturated carbocycles. The molecular formula is C19H23N3O5S. The van der Waals surface area contributed by atoms with E-state index in [1.165, 1.54) is 7.11 Å². The van der Waals surface area contributed by atoms with Crippen LogP contribution in [0.4, 0.5) is 5.69 Å². The van der Waals surface area contributed by atoms with Gasteiger partial charge in [0, 0.05) is 0 Å². The van der Waals surface area contributed by atoms with Crippen molar-refractivity contribution in [2.24, 2.45) is 5.10 Å². The second kappa shape index (κ2) is 9.23. The highest BCUT2D eigenvalue weighted by atomic mass is 32.2. The molecule has 9 heteroatoms. The molecule has 0 aliphatic heterocycles. The van der Waals surface area contributed by atoms with Crippen molar-refractivity contribution < 1.29 is 22.7 Å². The molecule has 150 valence electrons. The molecule has 0 atom stereocenters. The van der Waals surface area contributed by atoms with Crippen molar-refractivity contribution in [1.29, 1.82) is 0 Å². The Balaban J connectivity index is 2.10. The zero-order chi connectivity index (χ0) is 20.7. The fraction of sp³-hybridized carbons (Fsp3) is 0.263. The fourth-order valence-electron chi connectivity index (χ4n) is 2.36. The lowest BCUT2D eigenvalue weighted by molar-refractivity contribution is -0.119. The molecule has 2 aromatic carbocycles. The highest BCUT2D eigenvalue weighted by molar-refractivity contribution is 7.92. The van der Waals surface area contributed by atoms with E-state index in [1.807, 2.05) is 12.1 Å². The molecule has 8 nitrogen and oxygen atoms in total. The van der Waals surface area contributed by atoms with Crippen molar-refractivity contribution in [1.82, 2.24) is 5.43 Å². The fourth-order valence-corrected chi connectivity index (χ4v) is 3.21. The Morgan fingerprint density at radius 1 is 1.00 bits per heavy atom. The number of nitrogens with one attached hydrogen (secondary N) is 1. The van der Waals surface area contributed by atoms with Crippen LogP contribution in [-0.4, -0.2) is 47.1 Å². The summed E-state index contributed by atoms with van der Waals surface area (Å²) in [6, 6.07) is 13.6. The van der Waals surface area contributed by atoms with E-state index in [1.54, 1.807) is 50.4 Å². The van der Waals surface area contributed by atoms with Crippen LogP contribution in [0.15, 0.2) is 53.6 Å². The van der Waals surface area contributed by atoms with Crippen LogP contribution in [0.2, 0.25) is 0 Å². The van der Waals surface area contributed by atoms with E-state index in [0.717, 1.165) is 16.1 Å². The van der Waals surface area contributed by atoms with Gasteiger partial charge in [0.1, 0.15) is 18.0 Å². The van der Waals surface area contributed by atoms with Gasteiger partial charge in [0.15, 0.2) is 0 Å². The van der Waals surface area contributed by atoms with Crippen molar-refractivity contribution in [3.63, 3.8) is 0 Å². The molecule has 0 radical (unpaired) electrons. The number of methoxy groups -OCH3 is 2. The van der Waals surface area contributed by atoms with Crippen molar-refractivity contribution in [2.75, 3.05) is 31.3 Å². The van der Waals surface area contributed by atoms with Crippen molar-refractivity contribution >= 4 is 27.3 Å². The molecule has 2 aromatic rings. The van der Waals surface area contributed by atoms with E-state index < -0.39 is 22.5 Å². The monoisotopic (exact) mass is 405 g/mol. The number of ether oxygens (including phenoxy) is 2. The number of amides is 1. The molecule has 0 fully saturated rings. The molecule has 1 amide bonds. The first-order valence-corrected chi connectivity index (χ1v) is 10.2. The van der Waals surface area contributed by atoms with Crippen LogP contribution in [0, 0.1) is 0 Å². The number of anilines is 1. The summed E-state index contributed by atoms with van der Waals surface area (Å²) in [6.45, 7) is 1.34. The SMILES string of the molecule is COc1ccc(/C(C)=N/NC(=O)CN(c2ccc(OC)cc2)S(C)(=O)=O)cc1. The first kappa shape index (κ1) is 21.2. The average Bonchev–Trinajstić information content (AvgIpc) is 2.69. The van der Waals surface area contributed by atoms with Crippen molar-refractivity contribution in [3.05, 3.63) is 54.1 Å². The summed E-state index contributed by atoms with van der Waals surface area (Å²) in [5.41, 5.74) is 4.12. The zero-order valence-corrected chi connectivity index (χ0v) is 17.0. The van der Waals surface area contributed by atoms with Crippen LogP contribution in [0.5, 0.6) is 11.5 Å². The molecule has 28 heavy (non-hydrogen) atoms. The normalized spacial score (nSPS) is 11.6. The molecule has 2 rings (SSSR count). The summed E-state index contributed by atoms with van der Waals surface area (Å²) in [7, 11) is -0.572. The Hall–Kier alpha value is -3.07. The predicted octanol–water partition coefficient (Wildman–Crippen LogP) is 2.01. The van der Waals surface area contributed by atoms with E-state index in [4.69, 9.17) is 9.47 Å². The molecule has 0 aliphatic rings. The van der Waals surface area contributed by atoms with Gasteiger partial charge in [-0.15, -0.1) is 0 Å². The molecular weight excluding hydrogens is 382 g/mol. The lowest BCUT2D eigenvalue weighted by atomic mass is 10.1. The maximum absolute atomic E-state index is 12.3. The minimum absolute atomic E-state index is 0.356. The van der Waals surface area contributed by atoms with E-state index >= 15 is 0 Å². The third-order valence-electron chi connectivity index (χ3n) is 3.90. The lowest BCUT2D eigenvalue weighted by Crippen LogP contribution is -2.39. The summed E-state index contributed by atoms with van der Waals surface area (Å²) in [5.74, 6) is 0.736. The van der Waals surface area contributed by atoms with Gasteiger partial charge in [0.25, 0.3) is 5.91 Å². The van der Waals surface area contributed by atoms with E-state index in [9.17, 15) is 13.2 Å². The number of carbonyl (C=O) groups is 1. The second-order valence-electron chi connectivity index (χ2n) is 5.93. The van der Waals surface area contributed by atoms with Gasteiger partial charge in [-0.1, -0.05) is 0 Å². The number of sulfonamides is 1. The van der Waals surface area contributed by atoms with Crippen LogP contribution >= 0.6 is 0 Å². The molecule has 0 saturated heterocycles. The molecule has 0 bridgehead atoms. The van der Waals surface area contributed by atoms with Gasteiger partial charge in [-0.3, -0.25) is 9.10 Å². The number of hydrazone groups is 1. The summed E-state index contributed by atoms with van der Waals surface area (Å²) >= 11 is 0. The maximum atomic E-state index is 12.3. The van der Waals surface area contributed by atoms with Gasteiger partial charge in [-0.25, -0.2) is 13.8 Å². The highest BCUT2D eigenvalue weighted by Gasteiger charge is 2.20. The minimum atomic E-state index is -3.66. The van der Waals surface area contributed by atoms with E-state index in [0.29, 0.717) is 22.9 Å². The average molecular weight is 405 g/mol. The van der Waals surface area contributed by atoms with Gasteiger partial charge in [0.05, 0.1) is 31.9 Å². The molecule has 0 aliphatic carbocycles. The third-order valence-corrected chi connectivity index (χ3v) is 5.04. The molecule has 0 aromatic heterocycles. The first-order valence-electron chi connectivity index (χ1n) is 8.34. The van der Waals surface area contributed by atoms with Gasteiger partial charge < -0.3 is 9.47 Å². The number of nitrogens with zero attached hydrogens (tertiary/aromatic N) is 2. The Kier molecular flexibility index (Phi) is 7.00. The number of hydrogen-bond acceptors (Lipinski definition) is 6. The zero-order valence-electron chi connectivity index (χ0n) is 16.2. The minimum Gasteiger partial charge on any atom is -0.497 e. The molecule has 0 spiro atoms. The van der Waals surface area contributed by atoms with Crippen LogP contribution in [0.3, 0.4) is 0 Å². The van der Waals surface area contributed by atoms with Crippen molar-refractivity contribution in [2.45, 2.75) is 6.92 Å². The van der Waals surface area contributed by atoms with Crippen LogP contribution in [0.25, 0.3) is 0 Å². The smallest absolute Gasteiger partial charge is 0.260 e. The molecule has 0 unspecified atom stereocenters. The van der Waals surface area contributed by atoms with Crippen LogP contribution in [-0.2, 0) is 14.8 Å². The lowest BCUT2D eigenvalue weighted by Gasteiger charge is -2.21. The summed E-state index contributed by atoms with van der Waals surface area (Å²) in [4.78, 5) is 12.3. The third kappa shape index (κ3) is 5.71. The quantitative estimate of drug-likeness (QED) is 0.535. The van der Waals surface area contributed by atoms with Crippen LogP contribution in [0.1, 0.15) is 12.5 Å². The number of carbonyl (C=O) groups excluding carboxylic acids is 1. The Bertz CT molecular complexity index is 939. The maximum Gasteiger partial charge on any atom is 0.260 e. The molecule has 0 heterocycles. The summed E-state index contributed by atoms with van der Waals surface area (Å²) in [5, 5.41) is 4.04. The number of rotatable bonds is 8. The highest BCUT2D eigenvalue weighted by Crippen LogP contribution is 2.21. The van der Waals surface area contributed by atoms with E-state index in [2.05, 4.69) is 10.5 Å². The summed E-state index contributed by atoms with van der Waals surface area (Å²) in [6.07, 6.45) is 1.04. The second-order valence-corrected chi connectivity index (χ2v) is 7.84. The van der Waals surface area contributed by atoms with Gasteiger partial charge in [-0.05, 0) is 61.0 Å². The Morgan fingerprint density at radius 3 is 1.96 bits per heavy atom. The van der Waals surface area contributed by atoms with Crippen LogP contribution < -0.4 is 19.2 Å². The first-order chi connectivity index (χ1) is 13.2. The van der Waals surface area contributed by atoms with E-state index in [-0.39, 0.29) is 0 Å². The predicted molar refractivity (Wildman–Crippen MR) is 109 cm³/mol. The number of benzene rings is 2. The standard InChI is InChI=1S/C19H23N3O5S/c1-14(15-5-9-17(26-2)10-6-15)20-21-19(23)13-22(28(4,24)25)16-7-11-18(27-3)12-8-16/h5-12H,13H2,1-4H3,(H,21,23)/b20-14+. The van der Waals surface area contributed by atoms with Gasteiger partial charge in [0.2, 0.25) is 10.0 Å². The molecule has 1 N–H and O–H groups in total. The van der Waals surface area contributed by atoms with Crippen molar-refractivity contribution in [3.8, 4) is 11.5 Å². The summed E-state index contributed by atoms with van der Waals surface area (Å²) < 4.78 is 35.4. The van der Waals surface area contributed by atoms with Gasteiger partial charge >= 0.3 is 0 Å².